The molecule has 0 aromatic rings. The molecule has 116 valence electrons. The van der Waals surface area contributed by atoms with Crippen molar-refractivity contribution in [1.82, 2.24) is 0 Å². The highest BCUT2D eigenvalue weighted by Crippen LogP contribution is 2.40. The molecule has 19 heavy (non-hydrogen) atoms. The zero-order valence-corrected chi connectivity index (χ0v) is 15.4. The first-order valence-electron chi connectivity index (χ1n) is 7.32. The zero-order chi connectivity index (χ0) is 14.9. The molecule has 0 radical (unpaired) electrons. The molecular weight excluding hydrogens is 276 g/mol. The quantitative estimate of drug-likeness (QED) is 0.369. The highest BCUT2D eigenvalue weighted by Gasteiger charge is 2.23. The van der Waals surface area contributed by atoms with E-state index in [2.05, 4.69) is 41.5 Å². The molecule has 0 N–H and O–H groups in total. The topological polar surface area (TPSA) is 18.5 Å². The van der Waals surface area contributed by atoms with Gasteiger partial charge in [-0.2, -0.15) is 0 Å². The van der Waals surface area contributed by atoms with Gasteiger partial charge in [0, 0.05) is 18.0 Å². The van der Waals surface area contributed by atoms with Gasteiger partial charge in [-0.05, 0) is 54.4 Å². The largest absolute Gasteiger partial charge is 0.376 e. The number of rotatable bonds is 11. The molecule has 0 bridgehead atoms. The Morgan fingerprint density at radius 2 is 1.68 bits per heavy atom. The molecule has 0 heterocycles. The van der Waals surface area contributed by atoms with E-state index in [4.69, 9.17) is 9.47 Å². The fourth-order valence-electron chi connectivity index (χ4n) is 1.75. The van der Waals surface area contributed by atoms with Crippen LogP contribution in [0.1, 0.15) is 67.7 Å². The fourth-order valence-corrected chi connectivity index (χ4v) is 4.11. The van der Waals surface area contributed by atoms with E-state index in [1.54, 1.807) is 0 Å². The van der Waals surface area contributed by atoms with E-state index in [0.29, 0.717) is 0 Å². The van der Waals surface area contributed by atoms with Crippen LogP contribution in [0.5, 0.6) is 0 Å². The van der Waals surface area contributed by atoms with Crippen molar-refractivity contribution < 1.29 is 9.47 Å². The minimum atomic E-state index is 0.0151. The molecular formula is C15H32O2S2. The van der Waals surface area contributed by atoms with Crippen LogP contribution in [0, 0.1) is 0 Å². The third-order valence-corrected chi connectivity index (χ3v) is 6.47. The summed E-state index contributed by atoms with van der Waals surface area (Å²) in [5.41, 5.74) is 0.271. The second-order valence-electron chi connectivity index (χ2n) is 6.07. The Hall–Kier alpha value is 0.620. The minimum Gasteiger partial charge on any atom is -0.376 e. The normalized spacial score (nSPS) is 14.7. The van der Waals surface area contributed by atoms with Crippen LogP contribution in [0.2, 0.25) is 0 Å². The summed E-state index contributed by atoms with van der Waals surface area (Å²) in [7, 11) is 3.72. The van der Waals surface area contributed by atoms with Crippen LogP contribution in [0.3, 0.4) is 0 Å². The van der Waals surface area contributed by atoms with E-state index in [1.807, 2.05) is 28.5 Å². The Labute approximate surface area is 128 Å². The molecule has 0 fully saturated rings. The lowest BCUT2D eigenvalue weighted by atomic mass is 10.0. The van der Waals surface area contributed by atoms with Gasteiger partial charge < -0.3 is 9.47 Å². The molecule has 1 atom stereocenters. The lowest BCUT2D eigenvalue weighted by Gasteiger charge is -2.29. The van der Waals surface area contributed by atoms with Gasteiger partial charge in [0.25, 0.3) is 0 Å². The summed E-state index contributed by atoms with van der Waals surface area (Å²) in [5.74, 6) is 0. The molecule has 0 aliphatic rings. The van der Waals surface area contributed by atoms with Crippen LogP contribution in [-0.4, -0.2) is 29.0 Å². The first-order chi connectivity index (χ1) is 8.72. The molecule has 0 aromatic heterocycles. The zero-order valence-electron chi connectivity index (χ0n) is 13.7. The highest BCUT2D eigenvalue weighted by molar-refractivity contribution is 8.77. The SMILES string of the molecule is CCCC(C)(C)OCCC(C)(C)SSC(C)OCC. The van der Waals surface area contributed by atoms with Gasteiger partial charge in [0.15, 0.2) is 0 Å². The standard InChI is InChI=1S/C15H32O2S2/c1-8-10-14(4,5)17-12-11-15(6,7)19-18-13(3)16-9-2/h13H,8-12H2,1-7H3. The summed E-state index contributed by atoms with van der Waals surface area (Å²) in [6.07, 6.45) is 3.36. The molecule has 0 spiro atoms. The van der Waals surface area contributed by atoms with Crippen molar-refractivity contribution in [3.63, 3.8) is 0 Å². The van der Waals surface area contributed by atoms with Crippen molar-refractivity contribution >= 4 is 21.6 Å². The lowest BCUT2D eigenvalue weighted by molar-refractivity contribution is -0.0267. The van der Waals surface area contributed by atoms with Gasteiger partial charge in [0.2, 0.25) is 0 Å². The van der Waals surface area contributed by atoms with Crippen molar-refractivity contribution in [1.29, 1.82) is 0 Å². The maximum atomic E-state index is 6.01. The van der Waals surface area contributed by atoms with Gasteiger partial charge in [-0.3, -0.25) is 0 Å². The van der Waals surface area contributed by atoms with Crippen LogP contribution in [0.25, 0.3) is 0 Å². The molecule has 0 aliphatic carbocycles. The van der Waals surface area contributed by atoms with Crippen LogP contribution in [0.4, 0.5) is 0 Å². The molecule has 0 amide bonds. The second kappa shape index (κ2) is 9.54. The Morgan fingerprint density at radius 3 is 2.21 bits per heavy atom. The van der Waals surface area contributed by atoms with Gasteiger partial charge >= 0.3 is 0 Å². The molecule has 0 aliphatic heterocycles. The molecule has 1 unspecified atom stereocenters. The van der Waals surface area contributed by atoms with Gasteiger partial charge in [-0.1, -0.05) is 34.9 Å². The average Bonchev–Trinajstić information content (AvgIpc) is 2.26. The van der Waals surface area contributed by atoms with Crippen molar-refractivity contribution in [3.05, 3.63) is 0 Å². The number of ether oxygens (including phenoxy) is 2. The smallest absolute Gasteiger partial charge is 0.110 e. The number of hydrogen-bond donors (Lipinski definition) is 0. The Kier molecular flexibility index (Phi) is 9.85. The van der Waals surface area contributed by atoms with Gasteiger partial charge in [0.1, 0.15) is 5.44 Å². The molecule has 0 aromatic carbocycles. The monoisotopic (exact) mass is 308 g/mol. The third-order valence-electron chi connectivity index (χ3n) is 2.86. The van der Waals surface area contributed by atoms with E-state index >= 15 is 0 Å². The highest BCUT2D eigenvalue weighted by atomic mass is 33.1. The van der Waals surface area contributed by atoms with E-state index in [9.17, 15) is 0 Å². The molecule has 2 nitrogen and oxygen atoms in total. The van der Waals surface area contributed by atoms with Gasteiger partial charge in [0.05, 0.1) is 5.60 Å². The minimum absolute atomic E-state index is 0.0151. The van der Waals surface area contributed by atoms with Crippen molar-refractivity contribution in [3.8, 4) is 0 Å². The molecule has 0 rings (SSSR count). The Balaban J connectivity index is 3.90. The number of hydrogen-bond acceptors (Lipinski definition) is 4. The Bertz CT molecular complexity index is 230. The average molecular weight is 309 g/mol. The van der Waals surface area contributed by atoms with Crippen LogP contribution in [-0.2, 0) is 9.47 Å². The predicted octanol–water partition coefficient (Wildman–Crippen LogP) is 5.51. The molecule has 0 saturated carbocycles. The summed E-state index contributed by atoms with van der Waals surface area (Å²) < 4.78 is 11.8. The van der Waals surface area contributed by atoms with E-state index in [1.165, 1.54) is 6.42 Å². The maximum absolute atomic E-state index is 6.01. The van der Waals surface area contributed by atoms with Crippen LogP contribution in [0.15, 0.2) is 0 Å². The molecule has 0 saturated heterocycles. The lowest BCUT2D eigenvalue weighted by Crippen LogP contribution is -2.27. The fraction of sp³-hybridized carbons (Fsp3) is 1.00. The summed E-state index contributed by atoms with van der Waals surface area (Å²) in [4.78, 5) is 0. The van der Waals surface area contributed by atoms with E-state index in [-0.39, 0.29) is 15.8 Å². The van der Waals surface area contributed by atoms with Gasteiger partial charge in [-0.15, -0.1) is 0 Å². The summed E-state index contributed by atoms with van der Waals surface area (Å²) in [6, 6.07) is 0. The van der Waals surface area contributed by atoms with Crippen molar-refractivity contribution in [2.45, 2.75) is 83.5 Å². The third kappa shape index (κ3) is 11.0. The summed E-state index contributed by atoms with van der Waals surface area (Å²) >= 11 is 0. The van der Waals surface area contributed by atoms with E-state index < -0.39 is 0 Å². The predicted molar refractivity (Wildman–Crippen MR) is 89.9 cm³/mol. The second-order valence-corrected chi connectivity index (χ2v) is 9.28. The van der Waals surface area contributed by atoms with Gasteiger partial charge in [-0.25, -0.2) is 0 Å². The summed E-state index contributed by atoms with van der Waals surface area (Å²) in [5, 5.41) is 0. The first-order valence-corrected chi connectivity index (χ1v) is 9.54. The Morgan fingerprint density at radius 1 is 1.05 bits per heavy atom. The first kappa shape index (κ1) is 19.6. The van der Waals surface area contributed by atoms with Crippen LogP contribution < -0.4 is 0 Å². The van der Waals surface area contributed by atoms with E-state index in [0.717, 1.165) is 26.1 Å². The van der Waals surface area contributed by atoms with Crippen LogP contribution >= 0.6 is 21.6 Å². The van der Waals surface area contributed by atoms with Crippen molar-refractivity contribution in [2.24, 2.45) is 0 Å². The van der Waals surface area contributed by atoms with Crippen molar-refractivity contribution in [2.75, 3.05) is 13.2 Å². The maximum Gasteiger partial charge on any atom is 0.110 e. The summed E-state index contributed by atoms with van der Waals surface area (Å²) in [6.45, 7) is 16.9. The molecule has 4 heteroatoms.